The SMILES string of the molecule is Clc1cccc(Oc2ccc3ncc(-c4ccccc4CN4CCOCC4)n3n2)c1. The van der Waals surface area contributed by atoms with Gasteiger partial charge in [-0.1, -0.05) is 41.9 Å². The molecule has 5 rings (SSSR count). The number of fused-ring (bicyclic) bond motifs is 1. The van der Waals surface area contributed by atoms with Crippen LogP contribution in [0.4, 0.5) is 0 Å². The Morgan fingerprint density at radius 3 is 2.73 bits per heavy atom. The largest absolute Gasteiger partial charge is 0.438 e. The van der Waals surface area contributed by atoms with Crippen molar-refractivity contribution < 1.29 is 9.47 Å². The minimum Gasteiger partial charge on any atom is -0.438 e. The molecule has 4 aromatic rings. The Morgan fingerprint density at radius 2 is 1.87 bits per heavy atom. The molecule has 1 aliphatic heterocycles. The zero-order chi connectivity index (χ0) is 20.3. The van der Waals surface area contributed by atoms with Crippen molar-refractivity contribution >= 4 is 17.2 Å². The number of nitrogens with zero attached hydrogens (tertiary/aromatic N) is 4. The highest BCUT2D eigenvalue weighted by Crippen LogP contribution is 2.28. The molecule has 1 fully saturated rings. The number of aromatic nitrogens is 3. The lowest BCUT2D eigenvalue weighted by Crippen LogP contribution is -2.35. The van der Waals surface area contributed by atoms with Crippen molar-refractivity contribution in [2.45, 2.75) is 6.54 Å². The summed E-state index contributed by atoms with van der Waals surface area (Å²) in [4.78, 5) is 6.94. The molecule has 152 valence electrons. The van der Waals surface area contributed by atoms with Crippen molar-refractivity contribution in [3.8, 4) is 22.9 Å². The van der Waals surface area contributed by atoms with Crippen LogP contribution in [-0.4, -0.2) is 45.8 Å². The van der Waals surface area contributed by atoms with E-state index in [1.807, 2.05) is 47.1 Å². The van der Waals surface area contributed by atoms with Gasteiger partial charge >= 0.3 is 0 Å². The number of hydrogen-bond acceptors (Lipinski definition) is 5. The maximum absolute atomic E-state index is 6.06. The molecule has 0 radical (unpaired) electrons. The van der Waals surface area contributed by atoms with Gasteiger partial charge in [-0.25, -0.2) is 9.50 Å². The maximum Gasteiger partial charge on any atom is 0.237 e. The summed E-state index contributed by atoms with van der Waals surface area (Å²) in [5, 5.41) is 5.30. The van der Waals surface area contributed by atoms with Crippen molar-refractivity contribution in [2.75, 3.05) is 26.3 Å². The molecule has 0 aliphatic carbocycles. The third-order valence-electron chi connectivity index (χ3n) is 5.15. The van der Waals surface area contributed by atoms with Crippen LogP contribution in [0.5, 0.6) is 11.6 Å². The number of halogens is 1. The predicted octanol–water partition coefficient (Wildman–Crippen LogP) is 4.67. The zero-order valence-electron chi connectivity index (χ0n) is 16.4. The molecule has 2 aromatic carbocycles. The number of imidazole rings is 1. The Hall–Kier alpha value is -2.93. The molecule has 0 saturated carbocycles. The lowest BCUT2D eigenvalue weighted by Gasteiger charge is -2.27. The Morgan fingerprint density at radius 1 is 1.00 bits per heavy atom. The van der Waals surface area contributed by atoms with Gasteiger partial charge in [0.05, 0.1) is 25.1 Å². The Balaban J connectivity index is 1.49. The molecule has 0 atom stereocenters. The molecule has 1 saturated heterocycles. The van der Waals surface area contributed by atoms with Crippen LogP contribution >= 0.6 is 11.6 Å². The van der Waals surface area contributed by atoms with Crippen LogP contribution in [0.3, 0.4) is 0 Å². The molecule has 0 N–H and O–H groups in total. The highest BCUT2D eigenvalue weighted by Gasteiger charge is 2.16. The molecule has 0 spiro atoms. The van der Waals surface area contributed by atoms with E-state index >= 15 is 0 Å². The van der Waals surface area contributed by atoms with E-state index in [4.69, 9.17) is 21.1 Å². The lowest BCUT2D eigenvalue weighted by molar-refractivity contribution is 0.0342. The molecule has 7 heteroatoms. The third-order valence-corrected chi connectivity index (χ3v) is 5.38. The van der Waals surface area contributed by atoms with Gasteiger partial charge in [-0.2, -0.15) is 0 Å². The fourth-order valence-corrected chi connectivity index (χ4v) is 3.83. The van der Waals surface area contributed by atoms with Gasteiger partial charge in [0.1, 0.15) is 5.75 Å². The fraction of sp³-hybridized carbons (Fsp3) is 0.217. The summed E-state index contributed by atoms with van der Waals surface area (Å²) < 4.78 is 13.2. The van der Waals surface area contributed by atoms with E-state index < -0.39 is 0 Å². The van der Waals surface area contributed by atoms with Gasteiger partial charge < -0.3 is 9.47 Å². The lowest BCUT2D eigenvalue weighted by atomic mass is 10.0. The molecule has 2 aromatic heterocycles. The van der Waals surface area contributed by atoms with Crippen LogP contribution in [0.25, 0.3) is 16.9 Å². The molecule has 0 unspecified atom stereocenters. The molecule has 6 nitrogen and oxygen atoms in total. The van der Waals surface area contributed by atoms with Crippen molar-refractivity contribution in [1.82, 2.24) is 19.5 Å². The van der Waals surface area contributed by atoms with E-state index in [-0.39, 0.29) is 0 Å². The maximum atomic E-state index is 6.06. The second-order valence-electron chi connectivity index (χ2n) is 7.19. The first-order chi connectivity index (χ1) is 14.8. The zero-order valence-corrected chi connectivity index (χ0v) is 17.1. The minimum absolute atomic E-state index is 0.481. The summed E-state index contributed by atoms with van der Waals surface area (Å²) in [5.74, 6) is 1.12. The van der Waals surface area contributed by atoms with Crippen LogP contribution in [-0.2, 0) is 11.3 Å². The summed E-state index contributed by atoms with van der Waals surface area (Å²) >= 11 is 6.06. The first kappa shape index (κ1) is 19.1. The van der Waals surface area contributed by atoms with Crippen LogP contribution in [0.2, 0.25) is 5.02 Å². The van der Waals surface area contributed by atoms with Gasteiger partial charge in [0.25, 0.3) is 0 Å². The summed E-state index contributed by atoms with van der Waals surface area (Å²) in [6, 6.07) is 19.4. The summed E-state index contributed by atoms with van der Waals surface area (Å²) in [7, 11) is 0. The molecule has 1 aliphatic rings. The Bertz CT molecular complexity index is 1170. The monoisotopic (exact) mass is 420 g/mol. The molecule has 0 amide bonds. The fourth-order valence-electron chi connectivity index (χ4n) is 3.65. The molecular formula is C23H21ClN4O2. The van der Waals surface area contributed by atoms with Gasteiger partial charge in [-0.15, -0.1) is 5.10 Å². The molecule has 30 heavy (non-hydrogen) atoms. The van der Waals surface area contributed by atoms with Crippen molar-refractivity contribution in [3.63, 3.8) is 0 Å². The second kappa shape index (κ2) is 8.44. The average Bonchev–Trinajstić information content (AvgIpc) is 3.18. The molecular weight excluding hydrogens is 400 g/mol. The van der Waals surface area contributed by atoms with Crippen LogP contribution in [0.1, 0.15) is 5.56 Å². The van der Waals surface area contributed by atoms with Crippen molar-refractivity contribution in [1.29, 1.82) is 0 Å². The Kier molecular flexibility index (Phi) is 5.36. The van der Waals surface area contributed by atoms with E-state index in [0.29, 0.717) is 16.7 Å². The van der Waals surface area contributed by atoms with Gasteiger partial charge in [-0.3, -0.25) is 4.90 Å². The second-order valence-corrected chi connectivity index (χ2v) is 7.63. The third kappa shape index (κ3) is 4.03. The highest BCUT2D eigenvalue weighted by atomic mass is 35.5. The van der Waals surface area contributed by atoms with E-state index in [2.05, 4.69) is 33.2 Å². The van der Waals surface area contributed by atoms with Crippen molar-refractivity contribution in [3.05, 3.63) is 77.4 Å². The van der Waals surface area contributed by atoms with E-state index in [9.17, 15) is 0 Å². The summed E-state index contributed by atoms with van der Waals surface area (Å²) in [6.45, 7) is 4.31. The van der Waals surface area contributed by atoms with E-state index in [0.717, 1.165) is 49.8 Å². The smallest absolute Gasteiger partial charge is 0.237 e. The number of ether oxygens (including phenoxy) is 2. The Labute approximate surface area is 179 Å². The average molecular weight is 421 g/mol. The van der Waals surface area contributed by atoms with Gasteiger partial charge in [0.2, 0.25) is 5.88 Å². The van der Waals surface area contributed by atoms with E-state index in [1.165, 1.54) is 5.56 Å². The van der Waals surface area contributed by atoms with Gasteiger partial charge in [0.15, 0.2) is 5.65 Å². The van der Waals surface area contributed by atoms with Crippen LogP contribution < -0.4 is 4.74 Å². The topological polar surface area (TPSA) is 51.9 Å². The van der Waals surface area contributed by atoms with Crippen LogP contribution in [0.15, 0.2) is 66.9 Å². The first-order valence-electron chi connectivity index (χ1n) is 9.93. The van der Waals surface area contributed by atoms with Gasteiger partial charge in [-0.05, 0) is 29.8 Å². The molecule has 0 bridgehead atoms. The minimum atomic E-state index is 0.481. The number of rotatable bonds is 5. The van der Waals surface area contributed by atoms with E-state index in [1.54, 1.807) is 6.07 Å². The highest BCUT2D eigenvalue weighted by molar-refractivity contribution is 6.30. The predicted molar refractivity (Wildman–Crippen MR) is 116 cm³/mol. The normalized spacial score (nSPS) is 14.8. The van der Waals surface area contributed by atoms with Crippen molar-refractivity contribution in [2.24, 2.45) is 0 Å². The number of benzene rings is 2. The standard InChI is InChI=1S/C23H21ClN4O2/c24-18-5-3-6-19(14-18)30-23-9-8-22-25-15-21(28(22)26-23)20-7-2-1-4-17(20)16-27-10-12-29-13-11-27/h1-9,14-15H,10-13,16H2. The van der Waals surface area contributed by atoms with Gasteiger partial charge in [0, 0.05) is 36.3 Å². The first-order valence-corrected chi connectivity index (χ1v) is 10.3. The summed E-state index contributed by atoms with van der Waals surface area (Å²) in [6.07, 6.45) is 1.86. The van der Waals surface area contributed by atoms with Crippen LogP contribution in [0, 0.1) is 0 Å². The molecule has 3 heterocycles. The number of morpholine rings is 1. The number of hydrogen-bond donors (Lipinski definition) is 0. The summed E-state index contributed by atoms with van der Waals surface area (Å²) in [5.41, 5.74) is 4.06. The quantitative estimate of drug-likeness (QED) is 0.469.